The Morgan fingerprint density at radius 2 is 1.81 bits per heavy atom. The molecule has 5 nitrogen and oxygen atoms in total. The summed E-state index contributed by atoms with van der Waals surface area (Å²) in [4.78, 5) is 27.2. The second kappa shape index (κ2) is 8.61. The molecule has 1 fully saturated rings. The van der Waals surface area contributed by atoms with Gasteiger partial charge in [-0.05, 0) is 51.1 Å². The van der Waals surface area contributed by atoms with Crippen LogP contribution < -0.4 is 5.32 Å². The molecule has 27 heavy (non-hydrogen) atoms. The lowest BCUT2D eigenvalue weighted by molar-refractivity contribution is -0.121. The number of nitrogens with one attached hydrogen (secondary N) is 1. The van der Waals surface area contributed by atoms with Gasteiger partial charge in [0.1, 0.15) is 0 Å². The minimum atomic E-state index is -0.288. The van der Waals surface area contributed by atoms with Crippen LogP contribution in [0.5, 0.6) is 0 Å². The maximum Gasteiger partial charge on any atom is 0.241 e. The zero-order chi connectivity index (χ0) is 19.2. The first kappa shape index (κ1) is 18.8. The standard InChI is InChI=1S/C22H23N3O2/c1-16(22(27)24-20-9-5-6-17(14-20)15-23)25-12-10-19(11-13-25)21(26)18-7-3-2-4-8-18/h2-9,14,16,19H,10-13H2,1H3,(H,24,27). The van der Waals surface area contributed by atoms with E-state index in [2.05, 4.69) is 16.3 Å². The summed E-state index contributed by atoms with van der Waals surface area (Å²) in [5, 5.41) is 11.8. The van der Waals surface area contributed by atoms with Gasteiger partial charge < -0.3 is 5.32 Å². The highest BCUT2D eigenvalue weighted by Crippen LogP contribution is 2.23. The number of amides is 1. The zero-order valence-corrected chi connectivity index (χ0v) is 15.4. The minimum absolute atomic E-state index is 0.0196. The SMILES string of the molecule is CC(C(=O)Nc1cccc(C#N)c1)N1CCC(C(=O)c2ccccc2)CC1. The van der Waals surface area contributed by atoms with Gasteiger partial charge in [-0.3, -0.25) is 14.5 Å². The molecule has 1 unspecified atom stereocenters. The van der Waals surface area contributed by atoms with Crippen LogP contribution in [0.25, 0.3) is 0 Å². The number of nitriles is 1. The summed E-state index contributed by atoms with van der Waals surface area (Å²) in [6.07, 6.45) is 1.52. The van der Waals surface area contributed by atoms with Crippen molar-refractivity contribution in [2.75, 3.05) is 18.4 Å². The van der Waals surface area contributed by atoms with E-state index in [0.717, 1.165) is 31.5 Å². The number of rotatable bonds is 5. The molecule has 3 rings (SSSR count). The average Bonchev–Trinajstić information content (AvgIpc) is 2.73. The fraction of sp³-hybridized carbons (Fsp3) is 0.318. The molecule has 1 aliphatic rings. The first-order chi connectivity index (χ1) is 13.1. The predicted octanol–water partition coefficient (Wildman–Crippen LogP) is 3.48. The van der Waals surface area contributed by atoms with E-state index < -0.39 is 0 Å². The minimum Gasteiger partial charge on any atom is -0.325 e. The lowest BCUT2D eigenvalue weighted by Gasteiger charge is -2.34. The molecule has 0 radical (unpaired) electrons. The molecule has 0 aromatic heterocycles. The van der Waals surface area contributed by atoms with E-state index in [1.165, 1.54) is 0 Å². The van der Waals surface area contributed by atoms with Crippen LogP contribution in [0.3, 0.4) is 0 Å². The molecule has 0 aliphatic carbocycles. The summed E-state index contributed by atoms with van der Waals surface area (Å²) in [5.41, 5.74) is 1.90. The fourth-order valence-electron chi connectivity index (χ4n) is 3.47. The molecule has 1 saturated heterocycles. The smallest absolute Gasteiger partial charge is 0.241 e. The molecule has 2 aromatic rings. The van der Waals surface area contributed by atoms with Crippen molar-refractivity contribution >= 4 is 17.4 Å². The molecule has 0 bridgehead atoms. The number of likely N-dealkylation sites (tertiary alicyclic amines) is 1. The number of carbonyl (C=O) groups excluding carboxylic acids is 2. The third-order valence-corrected chi connectivity index (χ3v) is 5.15. The number of benzene rings is 2. The van der Waals surface area contributed by atoms with Gasteiger partial charge in [0.2, 0.25) is 5.91 Å². The normalized spacial score (nSPS) is 16.3. The van der Waals surface area contributed by atoms with E-state index in [1.807, 2.05) is 37.3 Å². The summed E-state index contributed by atoms with van der Waals surface area (Å²) >= 11 is 0. The van der Waals surface area contributed by atoms with Crippen LogP contribution in [-0.2, 0) is 4.79 Å². The molecule has 1 atom stereocenters. The Hall–Kier alpha value is -2.97. The number of nitrogens with zero attached hydrogens (tertiary/aromatic N) is 2. The Kier molecular flexibility index (Phi) is 6.00. The zero-order valence-electron chi connectivity index (χ0n) is 15.4. The second-order valence-electron chi connectivity index (χ2n) is 6.90. The quantitative estimate of drug-likeness (QED) is 0.828. The highest BCUT2D eigenvalue weighted by atomic mass is 16.2. The second-order valence-corrected chi connectivity index (χ2v) is 6.90. The van der Waals surface area contributed by atoms with Gasteiger partial charge in [-0.2, -0.15) is 5.26 Å². The fourth-order valence-corrected chi connectivity index (χ4v) is 3.47. The Morgan fingerprint density at radius 3 is 2.48 bits per heavy atom. The molecule has 1 N–H and O–H groups in total. The van der Waals surface area contributed by atoms with Crippen LogP contribution in [0.4, 0.5) is 5.69 Å². The van der Waals surface area contributed by atoms with Crippen molar-refractivity contribution in [1.82, 2.24) is 4.90 Å². The molecular formula is C22H23N3O2. The number of ketones is 1. The van der Waals surface area contributed by atoms with E-state index in [1.54, 1.807) is 24.3 Å². The van der Waals surface area contributed by atoms with Crippen LogP contribution in [0.2, 0.25) is 0 Å². The number of hydrogen-bond acceptors (Lipinski definition) is 4. The molecule has 0 saturated carbocycles. The maximum atomic E-state index is 12.6. The lowest BCUT2D eigenvalue weighted by Crippen LogP contribution is -2.47. The molecule has 138 valence electrons. The summed E-state index contributed by atoms with van der Waals surface area (Å²) in [6.45, 7) is 3.31. The molecular weight excluding hydrogens is 338 g/mol. The van der Waals surface area contributed by atoms with Gasteiger partial charge >= 0.3 is 0 Å². The van der Waals surface area contributed by atoms with Gasteiger partial charge in [0, 0.05) is 17.2 Å². The van der Waals surface area contributed by atoms with Crippen molar-refractivity contribution in [1.29, 1.82) is 5.26 Å². The summed E-state index contributed by atoms with van der Waals surface area (Å²) in [7, 11) is 0. The third kappa shape index (κ3) is 4.60. The first-order valence-electron chi connectivity index (χ1n) is 9.23. The number of Topliss-reactive ketones (excluding diaryl/α,β-unsaturated/α-hetero) is 1. The Labute approximate surface area is 159 Å². The van der Waals surface area contributed by atoms with Crippen molar-refractivity contribution in [2.24, 2.45) is 5.92 Å². The highest BCUT2D eigenvalue weighted by molar-refractivity contribution is 5.98. The van der Waals surface area contributed by atoms with Crippen LogP contribution in [0.15, 0.2) is 54.6 Å². The van der Waals surface area contributed by atoms with Crippen molar-refractivity contribution in [2.45, 2.75) is 25.8 Å². The number of piperidine rings is 1. The molecule has 1 amide bonds. The van der Waals surface area contributed by atoms with E-state index in [-0.39, 0.29) is 23.7 Å². The third-order valence-electron chi connectivity index (χ3n) is 5.15. The van der Waals surface area contributed by atoms with Crippen molar-refractivity contribution in [3.05, 3.63) is 65.7 Å². The van der Waals surface area contributed by atoms with Crippen molar-refractivity contribution in [3.63, 3.8) is 0 Å². The average molecular weight is 361 g/mol. The van der Waals surface area contributed by atoms with Gasteiger partial charge in [0.15, 0.2) is 5.78 Å². The largest absolute Gasteiger partial charge is 0.325 e. The van der Waals surface area contributed by atoms with Crippen LogP contribution in [0, 0.1) is 17.2 Å². The van der Waals surface area contributed by atoms with E-state index >= 15 is 0 Å². The predicted molar refractivity (Wildman–Crippen MR) is 104 cm³/mol. The van der Waals surface area contributed by atoms with E-state index in [0.29, 0.717) is 11.3 Å². The van der Waals surface area contributed by atoms with Gasteiger partial charge in [0.25, 0.3) is 0 Å². The van der Waals surface area contributed by atoms with Crippen LogP contribution in [0.1, 0.15) is 35.7 Å². The Morgan fingerprint density at radius 1 is 1.11 bits per heavy atom. The molecule has 0 spiro atoms. The lowest BCUT2D eigenvalue weighted by atomic mass is 9.88. The number of hydrogen-bond donors (Lipinski definition) is 1. The topological polar surface area (TPSA) is 73.2 Å². The van der Waals surface area contributed by atoms with Crippen molar-refractivity contribution in [3.8, 4) is 6.07 Å². The number of carbonyl (C=O) groups is 2. The van der Waals surface area contributed by atoms with E-state index in [4.69, 9.17) is 5.26 Å². The Balaban J connectivity index is 1.55. The van der Waals surface area contributed by atoms with Gasteiger partial charge in [-0.1, -0.05) is 36.4 Å². The monoisotopic (exact) mass is 361 g/mol. The molecule has 1 heterocycles. The first-order valence-corrected chi connectivity index (χ1v) is 9.23. The van der Waals surface area contributed by atoms with Crippen LogP contribution >= 0.6 is 0 Å². The van der Waals surface area contributed by atoms with Gasteiger partial charge in [-0.25, -0.2) is 0 Å². The summed E-state index contributed by atoms with van der Waals surface area (Å²) in [5.74, 6) is 0.116. The van der Waals surface area contributed by atoms with Crippen molar-refractivity contribution < 1.29 is 9.59 Å². The van der Waals surface area contributed by atoms with Gasteiger partial charge in [-0.15, -0.1) is 0 Å². The molecule has 1 aliphatic heterocycles. The molecule has 2 aromatic carbocycles. The van der Waals surface area contributed by atoms with Gasteiger partial charge in [0.05, 0.1) is 17.7 Å². The van der Waals surface area contributed by atoms with E-state index in [9.17, 15) is 9.59 Å². The molecule has 5 heteroatoms. The Bertz CT molecular complexity index is 849. The maximum absolute atomic E-state index is 12.6. The summed E-state index contributed by atoms with van der Waals surface area (Å²) < 4.78 is 0. The van der Waals surface area contributed by atoms with Crippen LogP contribution in [-0.4, -0.2) is 35.7 Å². The summed E-state index contributed by atoms with van der Waals surface area (Å²) in [6, 6.07) is 18.1. The number of anilines is 1. The highest BCUT2D eigenvalue weighted by Gasteiger charge is 2.30.